The van der Waals surface area contributed by atoms with Crippen LogP contribution in [0.4, 0.5) is 0 Å². The SMILES string of the molecule is CN(C)C1CCC(C2=C(C3CCCCC3)OCCS2)CC1. The fraction of sp³-hybridized carbons (Fsp3) is 0.889. The molecule has 0 N–H and O–H groups in total. The molecule has 0 spiro atoms. The zero-order valence-electron chi connectivity index (χ0n) is 13.8. The molecule has 0 aromatic heterocycles. The van der Waals surface area contributed by atoms with Gasteiger partial charge in [0.1, 0.15) is 5.76 Å². The van der Waals surface area contributed by atoms with Crippen LogP contribution in [0.5, 0.6) is 0 Å². The third-order valence-corrected chi connectivity index (χ3v) is 6.83. The summed E-state index contributed by atoms with van der Waals surface area (Å²) < 4.78 is 6.21. The number of allylic oxidation sites excluding steroid dienone is 2. The van der Waals surface area contributed by atoms with Crippen LogP contribution in [0.25, 0.3) is 0 Å². The summed E-state index contributed by atoms with van der Waals surface area (Å²) in [5, 5.41) is 0. The first-order valence-corrected chi connectivity index (χ1v) is 9.90. The minimum Gasteiger partial charge on any atom is -0.496 e. The van der Waals surface area contributed by atoms with Crippen LogP contribution in [0.1, 0.15) is 57.8 Å². The van der Waals surface area contributed by atoms with Gasteiger partial charge in [0.25, 0.3) is 0 Å². The van der Waals surface area contributed by atoms with Gasteiger partial charge in [0, 0.05) is 22.6 Å². The van der Waals surface area contributed by atoms with Crippen LogP contribution in [0.15, 0.2) is 10.7 Å². The lowest BCUT2D eigenvalue weighted by atomic mass is 9.82. The van der Waals surface area contributed by atoms with Gasteiger partial charge < -0.3 is 9.64 Å². The summed E-state index contributed by atoms with van der Waals surface area (Å²) in [4.78, 5) is 4.07. The second kappa shape index (κ2) is 7.41. The van der Waals surface area contributed by atoms with Gasteiger partial charge in [0.15, 0.2) is 0 Å². The maximum Gasteiger partial charge on any atom is 0.109 e. The van der Waals surface area contributed by atoms with Crippen molar-refractivity contribution in [1.82, 2.24) is 4.90 Å². The van der Waals surface area contributed by atoms with Gasteiger partial charge in [0.05, 0.1) is 6.61 Å². The minimum atomic E-state index is 0.744. The molecular formula is C18H31NOS. The average molecular weight is 310 g/mol. The Hall–Kier alpha value is -0.150. The molecule has 0 bridgehead atoms. The summed E-state index contributed by atoms with van der Waals surface area (Å²) in [6.45, 7) is 0.938. The highest BCUT2D eigenvalue weighted by molar-refractivity contribution is 8.03. The predicted molar refractivity (Wildman–Crippen MR) is 91.4 cm³/mol. The molecule has 2 nitrogen and oxygen atoms in total. The van der Waals surface area contributed by atoms with E-state index in [2.05, 4.69) is 30.8 Å². The van der Waals surface area contributed by atoms with E-state index in [0.29, 0.717) is 0 Å². The quantitative estimate of drug-likeness (QED) is 0.752. The first kappa shape index (κ1) is 15.7. The molecule has 0 aromatic rings. The summed E-state index contributed by atoms with van der Waals surface area (Å²) in [7, 11) is 4.46. The molecule has 21 heavy (non-hydrogen) atoms. The Balaban J connectivity index is 1.69. The molecule has 2 fully saturated rings. The van der Waals surface area contributed by atoms with Crippen molar-refractivity contribution in [2.24, 2.45) is 11.8 Å². The second-order valence-electron chi connectivity index (χ2n) is 7.23. The number of hydrogen-bond donors (Lipinski definition) is 0. The van der Waals surface area contributed by atoms with Crippen LogP contribution in [-0.4, -0.2) is 37.4 Å². The molecule has 1 aliphatic heterocycles. The standard InChI is InChI=1S/C18H31NOS/c1-19(2)16-10-8-15(9-11-16)18-17(20-12-13-21-18)14-6-4-3-5-7-14/h14-16H,3-13H2,1-2H3. The largest absolute Gasteiger partial charge is 0.496 e. The monoisotopic (exact) mass is 309 g/mol. The molecule has 1 heterocycles. The van der Waals surface area contributed by atoms with Gasteiger partial charge in [-0.15, -0.1) is 11.8 Å². The summed E-state index contributed by atoms with van der Waals surface area (Å²) in [6, 6.07) is 0.800. The molecule has 0 amide bonds. The molecule has 2 aliphatic carbocycles. The van der Waals surface area contributed by atoms with Gasteiger partial charge in [-0.25, -0.2) is 0 Å². The van der Waals surface area contributed by atoms with Crippen molar-refractivity contribution in [2.75, 3.05) is 26.5 Å². The molecule has 0 aromatic carbocycles. The zero-order chi connectivity index (χ0) is 14.7. The Bertz CT molecular complexity index is 365. The smallest absolute Gasteiger partial charge is 0.109 e. The van der Waals surface area contributed by atoms with Gasteiger partial charge in [0.2, 0.25) is 0 Å². The van der Waals surface area contributed by atoms with Crippen molar-refractivity contribution in [3.05, 3.63) is 10.7 Å². The van der Waals surface area contributed by atoms with Crippen molar-refractivity contribution >= 4 is 11.8 Å². The maximum absolute atomic E-state index is 6.21. The lowest BCUT2D eigenvalue weighted by Gasteiger charge is -2.37. The summed E-state index contributed by atoms with van der Waals surface area (Å²) in [5.41, 5.74) is 0. The third kappa shape index (κ3) is 3.79. The van der Waals surface area contributed by atoms with Crippen LogP contribution in [-0.2, 0) is 4.74 Å². The van der Waals surface area contributed by atoms with Crippen molar-refractivity contribution in [2.45, 2.75) is 63.8 Å². The Morgan fingerprint density at radius 1 is 0.905 bits per heavy atom. The molecule has 120 valence electrons. The second-order valence-corrected chi connectivity index (χ2v) is 8.37. The predicted octanol–water partition coefficient (Wildman–Crippen LogP) is 4.66. The van der Waals surface area contributed by atoms with Crippen LogP contribution in [0.2, 0.25) is 0 Å². The third-order valence-electron chi connectivity index (χ3n) is 5.62. The summed E-state index contributed by atoms with van der Waals surface area (Å²) in [6.07, 6.45) is 12.4. The van der Waals surface area contributed by atoms with E-state index in [1.807, 2.05) is 0 Å². The van der Waals surface area contributed by atoms with E-state index in [1.54, 1.807) is 4.91 Å². The lowest BCUT2D eigenvalue weighted by Crippen LogP contribution is -2.33. The van der Waals surface area contributed by atoms with Gasteiger partial charge in [-0.2, -0.15) is 0 Å². The Morgan fingerprint density at radius 2 is 1.62 bits per heavy atom. The van der Waals surface area contributed by atoms with Gasteiger partial charge >= 0.3 is 0 Å². The van der Waals surface area contributed by atoms with Gasteiger partial charge in [-0.1, -0.05) is 19.3 Å². The van der Waals surface area contributed by atoms with E-state index in [1.165, 1.54) is 69.3 Å². The fourth-order valence-electron chi connectivity index (χ4n) is 4.30. The van der Waals surface area contributed by atoms with E-state index >= 15 is 0 Å². The van der Waals surface area contributed by atoms with E-state index in [9.17, 15) is 0 Å². The van der Waals surface area contributed by atoms with Crippen molar-refractivity contribution in [3.63, 3.8) is 0 Å². The number of hydrogen-bond acceptors (Lipinski definition) is 3. The van der Waals surface area contributed by atoms with Crippen molar-refractivity contribution in [3.8, 4) is 0 Å². The highest BCUT2D eigenvalue weighted by atomic mass is 32.2. The lowest BCUT2D eigenvalue weighted by molar-refractivity contribution is 0.159. The first-order chi connectivity index (χ1) is 10.3. The molecule has 3 heteroatoms. The first-order valence-electron chi connectivity index (χ1n) is 8.92. The molecule has 0 saturated heterocycles. The summed E-state index contributed by atoms with van der Waals surface area (Å²) >= 11 is 2.12. The average Bonchev–Trinajstić information content (AvgIpc) is 2.56. The number of nitrogens with zero attached hydrogens (tertiary/aromatic N) is 1. The van der Waals surface area contributed by atoms with Gasteiger partial charge in [-0.3, -0.25) is 0 Å². The Kier molecular flexibility index (Phi) is 5.55. The fourth-order valence-corrected chi connectivity index (χ4v) is 5.53. The minimum absolute atomic E-state index is 0.744. The molecule has 0 atom stereocenters. The molecule has 2 saturated carbocycles. The van der Waals surface area contributed by atoms with Crippen LogP contribution >= 0.6 is 11.8 Å². The zero-order valence-corrected chi connectivity index (χ0v) is 14.6. The molecular weight excluding hydrogens is 278 g/mol. The normalized spacial score (nSPS) is 32.3. The van der Waals surface area contributed by atoms with Gasteiger partial charge in [-0.05, 0) is 58.5 Å². The molecule has 3 rings (SSSR count). The van der Waals surface area contributed by atoms with Crippen molar-refractivity contribution in [1.29, 1.82) is 0 Å². The maximum atomic E-state index is 6.21. The highest BCUT2D eigenvalue weighted by Gasteiger charge is 2.32. The molecule has 0 radical (unpaired) electrons. The topological polar surface area (TPSA) is 12.5 Å². The van der Waals surface area contributed by atoms with Crippen LogP contribution in [0.3, 0.4) is 0 Å². The highest BCUT2D eigenvalue weighted by Crippen LogP contribution is 2.44. The van der Waals surface area contributed by atoms with E-state index in [0.717, 1.165) is 24.5 Å². The van der Waals surface area contributed by atoms with Crippen LogP contribution in [0, 0.1) is 11.8 Å². The van der Waals surface area contributed by atoms with Crippen LogP contribution < -0.4 is 0 Å². The van der Waals surface area contributed by atoms with E-state index < -0.39 is 0 Å². The Labute approximate surface area is 134 Å². The van der Waals surface area contributed by atoms with E-state index in [4.69, 9.17) is 4.74 Å². The molecule has 3 aliphatic rings. The Morgan fingerprint density at radius 3 is 2.29 bits per heavy atom. The van der Waals surface area contributed by atoms with Crippen molar-refractivity contribution < 1.29 is 4.74 Å². The summed E-state index contributed by atoms with van der Waals surface area (Å²) in [5.74, 6) is 4.13. The number of rotatable bonds is 3. The van der Waals surface area contributed by atoms with E-state index in [-0.39, 0.29) is 0 Å². The number of thioether (sulfide) groups is 1. The number of ether oxygens (including phenoxy) is 1. The molecule has 0 unspecified atom stereocenters.